The summed E-state index contributed by atoms with van der Waals surface area (Å²) in [4.78, 5) is 1.41. The van der Waals surface area contributed by atoms with Crippen molar-refractivity contribution in [2.45, 2.75) is 39.2 Å². The van der Waals surface area contributed by atoms with Crippen molar-refractivity contribution in [2.75, 3.05) is 19.8 Å². The van der Waals surface area contributed by atoms with E-state index >= 15 is 0 Å². The van der Waals surface area contributed by atoms with E-state index in [1.807, 2.05) is 11.3 Å². The standard InChI is InChI=1S/C14H23NOS/c1-3-5-15-14(8-12-4-6-16-9-12)13-7-11(2)17-10-13/h7,10,12,14-15H,3-6,8-9H2,1-2H3. The molecule has 1 aliphatic heterocycles. The maximum atomic E-state index is 5.48. The molecule has 1 fully saturated rings. The van der Waals surface area contributed by atoms with Crippen LogP contribution >= 0.6 is 11.3 Å². The van der Waals surface area contributed by atoms with Gasteiger partial charge >= 0.3 is 0 Å². The molecule has 17 heavy (non-hydrogen) atoms. The van der Waals surface area contributed by atoms with Crippen molar-refractivity contribution in [3.63, 3.8) is 0 Å². The largest absolute Gasteiger partial charge is 0.381 e. The lowest BCUT2D eigenvalue weighted by molar-refractivity contribution is 0.181. The third kappa shape index (κ3) is 3.80. The SMILES string of the molecule is CCCNC(CC1CCOC1)c1csc(C)c1. The molecule has 2 unspecified atom stereocenters. The van der Waals surface area contributed by atoms with Gasteiger partial charge in [0.1, 0.15) is 0 Å². The summed E-state index contributed by atoms with van der Waals surface area (Å²) in [6.07, 6.45) is 3.64. The molecule has 1 aliphatic rings. The Morgan fingerprint density at radius 1 is 1.59 bits per heavy atom. The molecule has 96 valence electrons. The molecule has 3 heteroatoms. The van der Waals surface area contributed by atoms with E-state index in [9.17, 15) is 0 Å². The topological polar surface area (TPSA) is 21.3 Å². The molecule has 0 spiro atoms. The summed E-state index contributed by atoms with van der Waals surface area (Å²) in [5.41, 5.74) is 1.47. The minimum atomic E-state index is 0.520. The van der Waals surface area contributed by atoms with Gasteiger partial charge in [0.25, 0.3) is 0 Å². The first-order chi connectivity index (χ1) is 8.29. The number of thiophene rings is 1. The summed E-state index contributed by atoms with van der Waals surface area (Å²) in [6.45, 7) is 7.42. The average molecular weight is 253 g/mol. The van der Waals surface area contributed by atoms with Crippen molar-refractivity contribution in [2.24, 2.45) is 5.92 Å². The molecule has 1 aromatic heterocycles. The summed E-state index contributed by atoms with van der Waals surface area (Å²) in [5, 5.41) is 5.98. The Balaban J connectivity index is 1.96. The zero-order chi connectivity index (χ0) is 12.1. The first kappa shape index (κ1) is 13.1. The van der Waals surface area contributed by atoms with Crippen molar-refractivity contribution >= 4 is 11.3 Å². The summed E-state index contributed by atoms with van der Waals surface area (Å²) in [7, 11) is 0. The van der Waals surface area contributed by atoms with Gasteiger partial charge in [-0.05, 0) is 55.7 Å². The van der Waals surface area contributed by atoms with Gasteiger partial charge in [0, 0.05) is 24.1 Å². The van der Waals surface area contributed by atoms with E-state index in [4.69, 9.17) is 4.74 Å². The Bertz CT molecular complexity index is 331. The van der Waals surface area contributed by atoms with Crippen LogP contribution in [0.2, 0.25) is 0 Å². The highest BCUT2D eigenvalue weighted by atomic mass is 32.1. The quantitative estimate of drug-likeness (QED) is 0.837. The molecule has 2 atom stereocenters. The second-order valence-corrected chi connectivity index (χ2v) is 6.08. The van der Waals surface area contributed by atoms with Gasteiger partial charge in [0.15, 0.2) is 0 Å². The van der Waals surface area contributed by atoms with Crippen LogP contribution in [0, 0.1) is 12.8 Å². The van der Waals surface area contributed by atoms with E-state index in [0.717, 1.165) is 25.7 Å². The molecule has 2 nitrogen and oxygen atoms in total. The summed E-state index contributed by atoms with van der Waals surface area (Å²) >= 11 is 1.85. The fraction of sp³-hybridized carbons (Fsp3) is 0.714. The number of nitrogens with one attached hydrogen (secondary N) is 1. The van der Waals surface area contributed by atoms with Crippen LogP contribution in [-0.4, -0.2) is 19.8 Å². The Kier molecular flexibility index (Phi) is 5.01. The summed E-state index contributed by atoms with van der Waals surface area (Å²) in [5.74, 6) is 0.740. The third-order valence-corrected chi connectivity index (χ3v) is 4.27. The van der Waals surface area contributed by atoms with Gasteiger partial charge in [-0.15, -0.1) is 11.3 Å². The molecule has 2 rings (SSSR count). The molecule has 2 heterocycles. The Morgan fingerprint density at radius 3 is 3.06 bits per heavy atom. The van der Waals surface area contributed by atoms with Crippen LogP contribution in [0.5, 0.6) is 0 Å². The smallest absolute Gasteiger partial charge is 0.0495 e. The lowest BCUT2D eigenvalue weighted by Crippen LogP contribution is -2.24. The zero-order valence-corrected chi connectivity index (χ0v) is 11.7. The molecule has 0 bridgehead atoms. The van der Waals surface area contributed by atoms with E-state index in [1.54, 1.807) is 0 Å². The van der Waals surface area contributed by atoms with Crippen molar-refractivity contribution in [3.8, 4) is 0 Å². The minimum Gasteiger partial charge on any atom is -0.381 e. The van der Waals surface area contributed by atoms with Crippen molar-refractivity contribution in [1.29, 1.82) is 0 Å². The predicted molar refractivity (Wildman–Crippen MR) is 73.6 cm³/mol. The maximum Gasteiger partial charge on any atom is 0.0495 e. The number of rotatable bonds is 6. The van der Waals surface area contributed by atoms with Crippen molar-refractivity contribution < 1.29 is 4.74 Å². The van der Waals surface area contributed by atoms with Gasteiger partial charge in [0.2, 0.25) is 0 Å². The first-order valence-electron chi connectivity index (χ1n) is 6.65. The number of hydrogen-bond donors (Lipinski definition) is 1. The van der Waals surface area contributed by atoms with Gasteiger partial charge in [-0.1, -0.05) is 6.92 Å². The minimum absolute atomic E-state index is 0.520. The Morgan fingerprint density at radius 2 is 2.47 bits per heavy atom. The summed E-state index contributed by atoms with van der Waals surface area (Å²) < 4.78 is 5.48. The highest BCUT2D eigenvalue weighted by molar-refractivity contribution is 7.10. The number of ether oxygens (including phenoxy) is 1. The average Bonchev–Trinajstić information content (AvgIpc) is 2.95. The molecule has 0 amide bonds. The molecule has 0 aliphatic carbocycles. The maximum absolute atomic E-state index is 5.48. The normalized spacial score (nSPS) is 21.9. The van der Waals surface area contributed by atoms with Gasteiger partial charge in [0.05, 0.1) is 0 Å². The van der Waals surface area contributed by atoms with Gasteiger partial charge < -0.3 is 10.1 Å². The zero-order valence-electron chi connectivity index (χ0n) is 10.9. The summed E-state index contributed by atoms with van der Waals surface area (Å²) in [6, 6.07) is 2.85. The predicted octanol–water partition coefficient (Wildman–Crippen LogP) is 3.52. The van der Waals surface area contributed by atoms with E-state index in [1.165, 1.54) is 29.7 Å². The molecular formula is C14H23NOS. The van der Waals surface area contributed by atoms with E-state index in [0.29, 0.717) is 6.04 Å². The number of hydrogen-bond acceptors (Lipinski definition) is 3. The van der Waals surface area contributed by atoms with Crippen LogP contribution in [0.3, 0.4) is 0 Å². The van der Waals surface area contributed by atoms with Crippen LogP contribution in [-0.2, 0) is 4.74 Å². The Labute approximate surface area is 108 Å². The fourth-order valence-corrected chi connectivity index (χ4v) is 3.16. The molecule has 0 aromatic carbocycles. The second kappa shape index (κ2) is 6.53. The van der Waals surface area contributed by atoms with E-state index < -0.39 is 0 Å². The van der Waals surface area contributed by atoms with Crippen molar-refractivity contribution in [1.82, 2.24) is 5.32 Å². The van der Waals surface area contributed by atoms with Crippen LogP contribution < -0.4 is 5.32 Å². The lowest BCUT2D eigenvalue weighted by atomic mass is 9.95. The monoisotopic (exact) mass is 253 g/mol. The fourth-order valence-electron chi connectivity index (χ4n) is 2.40. The molecule has 1 N–H and O–H groups in total. The molecular weight excluding hydrogens is 230 g/mol. The number of aryl methyl sites for hydroxylation is 1. The molecule has 0 radical (unpaired) electrons. The highest BCUT2D eigenvalue weighted by Crippen LogP contribution is 2.29. The van der Waals surface area contributed by atoms with Gasteiger partial charge in [-0.25, -0.2) is 0 Å². The molecule has 0 saturated carbocycles. The van der Waals surface area contributed by atoms with Gasteiger partial charge in [-0.2, -0.15) is 0 Å². The third-order valence-electron chi connectivity index (χ3n) is 3.39. The second-order valence-electron chi connectivity index (χ2n) is 4.96. The van der Waals surface area contributed by atoms with Crippen LogP contribution in [0.15, 0.2) is 11.4 Å². The highest BCUT2D eigenvalue weighted by Gasteiger charge is 2.21. The lowest BCUT2D eigenvalue weighted by Gasteiger charge is -2.20. The van der Waals surface area contributed by atoms with Gasteiger partial charge in [-0.3, -0.25) is 0 Å². The van der Waals surface area contributed by atoms with Crippen LogP contribution in [0.4, 0.5) is 0 Å². The molecule has 1 saturated heterocycles. The van der Waals surface area contributed by atoms with E-state index in [2.05, 4.69) is 30.6 Å². The van der Waals surface area contributed by atoms with Crippen LogP contribution in [0.25, 0.3) is 0 Å². The van der Waals surface area contributed by atoms with E-state index in [-0.39, 0.29) is 0 Å². The van der Waals surface area contributed by atoms with Crippen LogP contribution in [0.1, 0.15) is 42.7 Å². The first-order valence-corrected chi connectivity index (χ1v) is 7.53. The Hall–Kier alpha value is -0.380. The molecule has 1 aromatic rings. The van der Waals surface area contributed by atoms with Crippen molar-refractivity contribution in [3.05, 3.63) is 21.9 Å².